The summed E-state index contributed by atoms with van der Waals surface area (Å²) in [4.78, 5) is 12.8. The van der Waals surface area contributed by atoms with E-state index < -0.39 is 72.3 Å². The molecule has 0 radical (unpaired) electrons. The summed E-state index contributed by atoms with van der Waals surface area (Å²) in [5.41, 5.74) is -1.68. The van der Waals surface area contributed by atoms with Crippen molar-refractivity contribution in [3.8, 4) is 6.07 Å². The third-order valence-electron chi connectivity index (χ3n) is 5.68. The van der Waals surface area contributed by atoms with E-state index in [4.69, 9.17) is 0 Å². The smallest absolute Gasteiger partial charge is 0.336 e. The van der Waals surface area contributed by atoms with Crippen molar-refractivity contribution in [1.29, 1.82) is 5.26 Å². The van der Waals surface area contributed by atoms with Gasteiger partial charge in [-0.3, -0.25) is 10.1 Å². The van der Waals surface area contributed by atoms with Crippen LogP contribution in [-0.2, 0) is 30.2 Å². The highest BCUT2D eigenvalue weighted by Crippen LogP contribution is 2.36. The second-order valence-corrected chi connectivity index (χ2v) is 13.0. The van der Waals surface area contributed by atoms with Crippen LogP contribution in [0, 0.1) is 17.1 Å². The lowest BCUT2D eigenvalue weighted by molar-refractivity contribution is -0.160. The van der Waals surface area contributed by atoms with Crippen LogP contribution in [0.1, 0.15) is 30.0 Å². The Morgan fingerprint density at radius 3 is 2.24 bits per heavy atom. The minimum Gasteiger partial charge on any atom is -0.336 e. The van der Waals surface area contributed by atoms with Gasteiger partial charge in [-0.05, 0) is 48.2 Å². The van der Waals surface area contributed by atoms with Gasteiger partial charge < -0.3 is 5.32 Å². The minimum atomic E-state index is -4.99. The lowest BCUT2D eigenvalue weighted by Crippen LogP contribution is -2.54. The molecule has 0 aliphatic heterocycles. The Morgan fingerprint density at radius 1 is 1.11 bits per heavy atom. The van der Waals surface area contributed by atoms with E-state index in [0.717, 1.165) is 36.6 Å². The molecule has 0 spiro atoms. The fourth-order valence-electron chi connectivity index (χ4n) is 3.58. The molecule has 1 saturated carbocycles. The third kappa shape index (κ3) is 7.73. The molecule has 2 atom stereocenters. The van der Waals surface area contributed by atoms with Gasteiger partial charge in [-0.1, -0.05) is 24.3 Å². The summed E-state index contributed by atoms with van der Waals surface area (Å²) in [6.45, 7) is 0. The minimum absolute atomic E-state index is 0.0590. The molecule has 1 fully saturated rings. The van der Waals surface area contributed by atoms with Gasteiger partial charge in [0.05, 0.1) is 22.5 Å². The van der Waals surface area contributed by atoms with Gasteiger partial charge in [0.1, 0.15) is 23.4 Å². The number of benzene rings is 2. The number of rotatable bonds is 10. The molecule has 14 heteroatoms. The second kappa shape index (κ2) is 10.4. The summed E-state index contributed by atoms with van der Waals surface area (Å²) in [7, 11) is -7.94. The average molecular weight is 562 g/mol. The van der Waals surface area contributed by atoms with Crippen molar-refractivity contribution >= 4 is 25.6 Å². The topological polar surface area (TPSA) is 133 Å². The molecule has 37 heavy (non-hydrogen) atoms. The predicted molar refractivity (Wildman–Crippen MR) is 125 cm³/mol. The number of sulfone groups is 2. The molecule has 2 N–H and O–H groups in total. The van der Waals surface area contributed by atoms with Gasteiger partial charge in [-0.2, -0.15) is 18.4 Å². The summed E-state index contributed by atoms with van der Waals surface area (Å²) in [5.74, 6) is -3.75. The second-order valence-electron chi connectivity index (χ2n) is 8.90. The standard InChI is InChI=1S/C23H23F4N3O5S2/c1-36(32,33)18-4-2-3-15(11-18)12-37(34,35)13-19(21(31)30-22(14-28)9-10-22)29-20(23(25,26)27)16-5-7-17(24)8-6-16/h2-8,11,19-20,29H,9-10,12-13H2,1H3,(H,30,31)/t19?,20-/m1/s1. The fraction of sp³-hybridized carbons (Fsp3) is 0.391. The van der Waals surface area contributed by atoms with E-state index in [1.807, 2.05) is 11.4 Å². The first kappa shape index (κ1) is 28.5. The summed E-state index contributed by atoms with van der Waals surface area (Å²) < 4.78 is 105. The maximum atomic E-state index is 13.9. The highest BCUT2D eigenvalue weighted by atomic mass is 32.2. The van der Waals surface area contributed by atoms with Gasteiger partial charge >= 0.3 is 6.18 Å². The first-order chi connectivity index (χ1) is 17.0. The van der Waals surface area contributed by atoms with Crippen LogP contribution >= 0.6 is 0 Å². The molecule has 3 rings (SSSR count). The Balaban J connectivity index is 1.92. The lowest BCUT2D eigenvalue weighted by Gasteiger charge is -2.28. The van der Waals surface area contributed by atoms with Crippen LogP contribution in [0.2, 0.25) is 0 Å². The van der Waals surface area contributed by atoms with Crippen LogP contribution in [0.15, 0.2) is 53.4 Å². The van der Waals surface area contributed by atoms with Crippen LogP contribution < -0.4 is 10.6 Å². The van der Waals surface area contributed by atoms with Crippen LogP contribution in [0.4, 0.5) is 17.6 Å². The quantitative estimate of drug-likeness (QED) is 0.426. The van der Waals surface area contributed by atoms with Crippen molar-refractivity contribution in [2.24, 2.45) is 0 Å². The Bertz CT molecular complexity index is 1420. The third-order valence-corrected chi connectivity index (χ3v) is 8.40. The Hall–Kier alpha value is -3.02. The van der Waals surface area contributed by atoms with Crippen molar-refractivity contribution < 1.29 is 39.2 Å². The molecule has 200 valence electrons. The Kier molecular flexibility index (Phi) is 8.02. The number of hydrogen-bond acceptors (Lipinski definition) is 7. The van der Waals surface area contributed by atoms with Gasteiger partial charge in [0, 0.05) is 6.26 Å². The van der Waals surface area contributed by atoms with Gasteiger partial charge in [0.25, 0.3) is 0 Å². The van der Waals surface area contributed by atoms with Gasteiger partial charge in [0.15, 0.2) is 19.7 Å². The first-order valence-electron chi connectivity index (χ1n) is 10.8. The summed E-state index contributed by atoms with van der Waals surface area (Å²) >= 11 is 0. The Labute approximate surface area is 211 Å². The van der Waals surface area contributed by atoms with E-state index in [0.29, 0.717) is 0 Å². The predicted octanol–water partition coefficient (Wildman–Crippen LogP) is 2.58. The van der Waals surface area contributed by atoms with Gasteiger partial charge in [-0.25, -0.2) is 21.2 Å². The number of carbonyl (C=O) groups excluding carboxylic acids is 1. The Morgan fingerprint density at radius 2 is 1.73 bits per heavy atom. The number of hydrogen-bond donors (Lipinski definition) is 2. The molecular formula is C23H23F4N3O5S2. The molecule has 0 heterocycles. The summed E-state index contributed by atoms with van der Waals surface area (Å²) in [6, 6.07) is 5.74. The van der Waals surface area contributed by atoms with E-state index in [1.54, 1.807) is 0 Å². The van der Waals surface area contributed by atoms with E-state index in [2.05, 4.69) is 5.32 Å². The number of nitrogens with zero attached hydrogens (tertiary/aromatic N) is 1. The number of nitriles is 1. The molecule has 1 aliphatic rings. The average Bonchev–Trinajstić information content (AvgIpc) is 3.55. The molecule has 1 unspecified atom stereocenters. The van der Waals surface area contributed by atoms with Gasteiger partial charge in [0.2, 0.25) is 5.91 Å². The monoisotopic (exact) mass is 561 g/mol. The van der Waals surface area contributed by atoms with E-state index in [-0.39, 0.29) is 23.3 Å². The van der Waals surface area contributed by atoms with Gasteiger partial charge in [-0.15, -0.1) is 0 Å². The molecule has 2 aromatic rings. The first-order valence-corrected chi connectivity index (χ1v) is 14.6. The van der Waals surface area contributed by atoms with E-state index in [9.17, 15) is 44.5 Å². The van der Waals surface area contributed by atoms with Crippen molar-refractivity contribution in [3.05, 3.63) is 65.5 Å². The fourth-order valence-corrected chi connectivity index (χ4v) is 5.83. The molecule has 0 saturated heterocycles. The maximum absolute atomic E-state index is 13.9. The van der Waals surface area contributed by atoms with Crippen molar-refractivity contribution in [2.75, 3.05) is 12.0 Å². The molecule has 0 bridgehead atoms. The number of amides is 1. The van der Waals surface area contributed by atoms with Crippen molar-refractivity contribution in [2.45, 2.75) is 47.3 Å². The molecule has 8 nitrogen and oxygen atoms in total. The zero-order chi connectivity index (χ0) is 27.6. The van der Waals surface area contributed by atoms with Crippen molar-refractivity contribution in [3.63, 3.8) is 0 Å². The summed E-state index contributed by atoms with van der Waals surface area (Å²) in [5, 5.41) is 13.6. The number of nitrogens with one attached hydrogen (secondary N) is 2. The number of carbonyl (C=O) groups is 1. The van der Waals surface area contributed by atoms with Crippen LogP contribution in [0.25, 0.3) is 0 Å². The SMILES string of the molecule is CS(=O)(=O)c1cccc(CS(=O)(=O)CC(N[C@H](c2ccc(F)cc2)C(F)(F)F)C(=O)NC2(C#N)CC2)c1. The normalized spacial score (nSPS) is 16.9. The molecule has 1 amide bonds. The lowest BCUT2D eigenvalue weighted by atomic mass is 10.0. The van der Waals surface area contributed by atoms with E-state index >= 15 is 0 Å². The highest BCUT2D eigenvalue weighted by molar-refractivity contribution is 7.91. The zero-order valence-corrected chi connectivity index (χ0v) is 21.1. The summed E-state index contributed by atoms with van der Waals surface area (Å²) in [6.07, 6.45) is -3.54. The maximum Gasteiger partial charge on any atom is 0.407 e. The van der Waals surface area contributed by atoms with Crippen LogP contribution in [-0.4, -0.2) is 52.5 Å². The van der Waals surface area contributed by atoms with Crippen LogP contribution in [0.3, 0.4) is 0 Å². The number of alkyl halides is 3. The zero-order valence-electron chi connectivity index (χ0n) is 19.4. The van der Waals surface area contributed by atoms with Crippen LogP contribution in [0.5, 0.6) is 0 Å². The molecule has 0 aromatic heterocycles. The van der Waals surface area contributed by atoms with Crippen molar-refractivity contribution in [1.82, 2.24) is 10.6 Å². The van der Waals surface area contributed by atoms with E-state index in [1.165, 1.54) is 18.2 Å². The molecule has 1 aliphatic carbocycles. The molecule has 2 aromatic carbocycles. The number of halogens is 4. The highest BCUT2D eigenvalue weighted by Gasteiger charge is 2.48. The molecular weight excluding hydrogens is 538 g/mol. The largest absolute Gasteiger partial charge is 0.407 e.